The second-order valence-corrected chi connectivity index (χ2v) is 9.97. The summed E-state index contributed by atoms with van der Waals surface area (Å²) in [5.41, 5.74) is 3.89. The third-order valence-electron chi connectivity index (χ3n) is 6.38. The van der Waals surface area contributed by atoms with Crippen LogP contribution in [0.25, 0.3) is 11.1 Å². The van der Waals surface area contributed by atoms with Crippen LogP contribution in [0.2, 0.25) is 0 Å². The highest BCUT2D eigenvalue weighted by molar-refractivity contribution is 5.83. The second kappa shape index (κ2) is 14.0. The van der Waals surface area contributed by atoms with Gasteiger partial charge in [0.25, 0.3) is 0 Å². The zero-order valence-corrected chi connectivity index (χ0v) is 21.9. The normalized spacial score (nSPS) is 12.5. The molecule has 0 saturated heterocycles. The lowest BCUT2D eigenvalue weighted by Gasteiger charge is -2.29. The van der Waals surface area contributed by atoms with Crippen LogP contribution in [0, 0.1) is 11.8 Å². The molecule has 200 valence electrons. The number of carbonyl (C=O) groups excluding carboxylic acids is 1. The fourth-order valence-electron chi connectivity index (χ4n) is 4.37. The molecule has 0 aliphatic carbocycles. The fraction of sp³-hybridized carbons (Fsp3) is 0.323. The summed E-state index contributed by atoms with van der Waals surface area (Å²) in [4.78, 5) is 38.7. The minimum absolute atomic E-state index is 0.00426. The molecule has 2 amide bonds. The van der Waals surface area contributed by atoms with Crippen molar-refractivity contribution in [2.75, 3.05) is 13.1 Å². The van der Waals surface area contributed by atoms with E-state index in [1.165, 1.54) is 4.90 Å². The summed E-state index contributed by atoms with van der Waals surface area (Å²) < 4.78 is 0. The standard InChI is InChI=1S/C31H36N2O5/c1-22(2)20-33(21-27(29(34)35)18-13-23-9-5-3-6-10-23)31(38)32-28(30(36)37)19-24-14-16-26(17-15-24)25-11-7-4-8-12-25/h3-12,14-17,22,27-28H,13,18-21H2,1-2H3,(H,32,38)(H,34,35)(H,36,37)/t27-,28-/m0/s1. The predicted molar refractivity (Wildman–Crippen MR) is 148 cm³/mol. The van der Waals surface area contributed by atoms with E-state index >= 15 is 0 Å². The molecule has 0 spiro atoms. The van der Waals surface area contributed by atoms with Crippen molar-refractivity contribution in [3.05, 3.63) is 96.1 Å². The number of carboxylic acids is 2. The molecule has 7 nitrogen and oxygen atoms in total. The molecule has 0 heterocycles. The highest BCUT2D eigenvalue weighted by Crippen LogP contribution is 2.20. The minimum atomic E-state index is -1.15. The Balaban J connectivity index is 1.67. The molecule has 7 heteroatoms. The van der Waals surface area contributed by atoms with Gasteiger partial charge < -0.3 is 20.4 Å². The van der Waals surface area contributed by atoms with Crippen LogP contribution < -0.4 is 5.32 Å². The van der Waals surface area contributed by atoms with Gasteiger partial charge in [-0.3, -0.25) is 4.79 Å². The van der Waals surface area contributed by atoms with Gasteiger partial charge in [-0.2, -0.15) is 0 Å². The Hall–Kier alpha value is -4.13. The number of aryl methyl sites for hydroxylation is 1. The summed E-state index contributed by atoms with van der Waals surface area (Å²) in [5.74, 6) is -2.81. The molecule has 3 N–H and O–H groups in total. The molecule has 0 radical (unpaired) electrons. The highest BCUT2D eigenvalue weighted by Gasteiger charge is 2.28. The number of aliphatic carboxylic acids is 2. The Kier molecular flexibility index (Phi) is 10.5. The van der Waals surface area contributed by atoms with Crippen molar-refractivity contribution in [2.45, 2.75) is 39.2 Å². The summed E-state index contributed by atoms with van der Waals surface area (Å²) in [6.07, 6.45) is 1.06. The number of hydrogen-bond donors (Lipinski definition) is 3. The molecule has 3 aromatic carbocycles. The lowest BCUT2D eigenvalue weighted by molar-refractivity contribution is -0.142. The number of nitrogens with zero attached hydrogens (tertiary/aromatic N) is 1. The first-order valence-corrected chi connectivity index (χ1v) is 12.9. The Labute approximate surface area is 224 Å². The lowest BCUT2D eigenvalue weighted by atomic mass is 9.98. The van der Waals surface area contributed by atoms with Gasteiger partial charge >= 0.3 is 18.0 Å². The van der Waals surface area contributed by atoms with Gasteiger partial charge in [0.05, 0.1) is 5.92 Å². The van der Waals surface area contributed by atoms with Crippen molar-refractivity contribution in [3.63, 3.8) is 0 Å². The van der Waals surface area contributed by atoms with Crippen LogP contribution in [0.15, 0.2) is 84.9 Å². The molecular formula is C31H36N2O5. The molecule has 38 heavy (non-hydrogen) atoms. The molecule has 3 rings (SSSR count). The first-order valence-electron chi connectivity index (χ1n) is 12.9. The number of carboxylic acid groups (broad SMARTS) is 2. The fourth-order valence-corrected chi connectivity index (χ4v) is 4.37. The van der Waals surface area contributed by atoms with Crippen molar-refractivity contribution in [2.24, 2.45) is 11.8 Å². The molecule has 3 aromatic rings. The van der Waals surface area contributed by atoms with E-state index in [4.69, 9.17) is 0 Å². The van der Waals surface area contributed by atoms with Crippen LogP contribution >= 0.6 is 0 Å². The zero-order valence-electron chi connectivity index (χ0n) is 21.9. The van der Waals surface area contributed by atoms with Crippen molar-refractivity contribution in [3.8, 4) is 11.1 Å². The summed E-state index contributed by atoms with van der Waals surface area (Å²) in [6.45, 7) is 4.19. The molecular weight excluding hydrogens is 480 g/mol. The van der Waals surface area contributed by atoms with Crippen molar-refractivity contribution in [1.82, 2.24) is 10.2 Å². The summed E-state index contributed by atoms with van der Waals surface area (Å²) in [7, 11) is 0. The maximum atomic E-state index is 13.2. The molecule has 0 aliphatic rings. The van der Waals surface area contributed by atoms with Gasteiger partial charge in [-0.1, -0.05) is 98.8 Å². The first kappa shape index (κ1) is 28.4. The van der Waals surface area contributed by atoms with E-state index in [1.807, 2.05) is 98.8 Å². The van der Waals surface area contributed by atoms with Gasteiger partial charge in [0.15, 0.2) is 0 Å². The van der Waals surface area contributed by atoms with Gasteiger partial charge in [0.1, 0.15) is 6.04 Å². The summed E-state index contributed by atoms with van der Waals surface area (Å²) >= 11 is 0. The largest absolute Gasteiger partial charge is 0.481 e. The summed E-state index contributed by atoms with van der Waals surface area (Å²) in [5, 5.41) is 22.3. The third kappa shape index (κ3) is 8.76. The molecule has 0 fully saturated rings. The van der Waals surface area contributed by atoms with Crippen LogP contribution in [0.4, 0.5) is 4.79 Å². The second-order valence-electron chi connectivity index (χ2n) is 9.97. The lowest BCUT2D eigenvalue weighted by Crippen LogP contribution is -2.51. The molecule has 2 atom stereocenters. The average Bonchev–Trinajstić information content (AvgIpc) is 2.91. The Morgan fingerprint density at radius 1 is 0.737 bits per heavy atom. The van der Waals surface area contributed by atoms with E-state index in [1.54, 1.807) is 0 Å². The molecule has 0 aromatic heterocycles. The Bertz CT molecular complexity index is 1180. The van der Waals surface area contributed by atoms with Gasteiger partial charge in [0, 0.05) is 19.5 Å². The van der Waals surface area contributed by atoms with E-state index in [2.05, 4.69) is 5.32 Å². The number of rotatable bonds is 13. The van der Waals surface area contributed by atoms with Crippen molar-refractivity contribution >= 4 is 18.0 Å². The number of amides is 2. The SMILES string of the molecule is CC(C)CN(C[C@H](CCc1ccccc1)C(=O)O)C(=O)N[C@@H](Cc1ccc(-c2ccccc2)cc1)C(=O)O. The van der Waals surface area contributed by atoms with Crippen molar-refractivity contribution in [1.29, 1.82) is 0 Å². The van der Waals surface area contributed by atoms with Crippen LogP contribution in [-0.2, 0) is 22.4 Å². The number of benzene rings is 3. The van der Waals surface area contributed by atoms with Gasteiger partial charge in [0.2, 0.25) is 0 Å². The summed E-state index contributed by atoms with van der Waals surface area (Å²) in [6, 6.07) is 25.3. The highest BCUT2D eigenvalue weighted by atomic mass is 16.4. The molecule has 0 bridgehead atoms. The van der Waals surface area contributed by atoms with Gasteiger partial charge in [-0.25, -0.2) is 9.59 Å². The van der Waals surface area contributed by atoms with E-state index in [0.717, 1.165) is 22.3 Å². The number of nitrogens with one attached hydrogen (secondary N) is 1. The quantitative estimate of drug-likeness (QED) is 0.284. The monoisotopic (exact) mass is 516 g/mol. The number of urea groups is 1. The number of carbonyl (C=O) groups is 3. The smallest absolute Gasteiger partial charge is 0.326 e. The maximum Gasteiger partial charge on any atom is 0.326 e. The van der Waals surface area contributed by atoms with Crippen LogP contribution in [0.5, 0.6) is 0 Å². The van der Waals surface area contributed by atoms with Crippen LogP contribution in [0.1, 0.15) is 31.4 Å². The topological polar surface area (TPSA) is 107 Å². The molecule has 0 aliphatic heterocycles. The Morgan fingerprint density at radius 3 is 1.87 bits per heavy atom. The van der Waals surface area contributed by atoms with Gasteiger partial charge in [-0.05, 0) is 41.0 Å². The first-order chi connectivity index (χ1) is 18.2. The minimum Gasteiger partial charge on any atom is -0.481 e. The van der Waals surface area contributed by atoms with Crippen LogP contribution in [0.3, 0.4) is 0 Å². The van der Waals surface area contributed by atoms with Gasteiger partial charge in [-0.15, -0.1) is 0 Å². The maximum absolute atomic E-state index is 13.2. The van der Waals surface area contributed by atoms with Crippen LogP contribution in [-0.4, -0.2) is 52.2 Å². The molecule has 0 saturated carbocycles. The zero-order chi connectivity index (χ0) is 27.5. The number of hydrogen-bond acceptors (Lipinski definition) is 3. The van der Waals surface area contributed by atoms with E-state index < -0.39 is 29.9 Å². The predicted octanol–water partition coefficient (Wildman–Crippen LogP) is 5.35. The van der Waals surface area contributed by atoms with E-state index in [-0.39, 0.29) is 18.9 Å². The van der Waals surface area contributed by atoms with E-state index in [0.29, 0.717) is 19.4 Å². The Morgan fingerprint density at radius 2 is 1.32 bits per heavy atom. The third-order valence-corrected chi connectivity index (χ3v) is 6.38. The van der Waals surface area contributed by atoms with Crippen molar-refractivity contribution < 1.29 is 24.6 Å². The van der Waals surface area contributed by atoms with E-state index in [9.17, 15) is 24.6 Å². The molecule has 0 unspecified atom stereocenters. The average molecular weight is 517 g/mol.